The van der Waals surface area contributed by atoms with E-state index >= 15 is 0 Å². The lowest BCUT2D eigenvalue weighted by Gasteiger charge is -2.25. The van der Waals surface area contributed by atoms with Gasteiger partial charge in [0.15, 0.2) is 0 Å². The number of benzene rings is 3. The molecule has 28 heavy (non-hydrogen) atoms. The van der Waals surface area contributed by atoms with Gasteiger partial charge < -0.3 is 0 Å². The molecule has 3 rings (SSSR count). The summed E-state index contributed by atoms with van der Waals surface area (Å²) in [5.74, 6) is -0.293. The second kappa shape index (κ2) is 9.66. The van der Waals surface area contributed by atoms with Crippen LogP contribution in [0.25, 0.3) is 0 Å². The standard InChI is InChI=1S/C22H20Cl2FNOS/c1-15(26-28(27)21-12-10-20(25)11-13-21)22(17-4-8-19(24)9-5-17)14-16-2-6-18(23)7-3-16/h2-13,15,22,26H,14H2,1H3. The Morgan fingerprint density at radius 2 is 1.43 bits per heavy atom. The van der Waals surface area contributed by atoms with Crippen LogP contribution >= 0.6 is 23.2 Å². The summed E-state index contributed by atoms with van der Waals surface area (Å²) in [5.41, 5.74) is 2.22. The summed E-state index contributed by atoms with van der Waals surface area (Å²) in [7, 11) is -1.45. The Hall–Kier alpha value is -1.72. The molecular formula is C22H20Cl2FNOS. The van der Waals surface area contributed by atoms with E-state index in [-0.39, 0.29) is 17.8 Å². The molecular weight excluding hydrogens is 416 g/mol. The van der Waals surface area contributed by atoms with Gasteiger partial charge in [-0.1, -0.05) is 47.5 Å². The van der Waals surface area contributed by atoms with Crippen LogP contribution in [0.2, 0.25) is 10.0 Å². The minimum Gasteiger partial charge on any atom is -0.237 e. The fraction of sp³-hybridized carbons (Fsp3) is 0.182. The van der Waals surface area contributed by atoms with Crippen molar-refractivity contribution in [2.45, 2.75) is 30.2 Å². The predicted octanol–water partition coefficient (Wildman–Crippen LogP) is 6.16. The van der Waals surface area contributed by atoms with E-state index in [4.69, 9.17) is 23.2 Å². The second-order valence-corrected chi connectivity index (χ2v) is 8.74. The van der Waals surface area contributed by atoms with Crippen molar-refractivity contribution in [2.24, 2.45) is 0 Å². The molecule has 0 heterocycles. The Labute approximate surface area is 177 Å². The topological polar surface area (TPSA) is 29.1 Å². The molecule has 0 radical (unpaired) electrons. The first kappa shape index (κ1) is 21.0. The molecule has 0 saturated carbocycles. The number of hydrogen-bond acceptors (Lipinski definition) is 1. The van der Waals surface area contributed by atoms with Gasteiger partial charge in [0.1, 0.15) is 16.8 Å². The Balaban J connectivity index is 1.82. The SMILES string of the molecule is CC(NS(=O)c1ccc(F)cc1)C(Cc1ccc(Cl)cc1)c1ccc(Cl)cc1. The highest BCUT2D eigenvalue weighted by Crippen LogP contribution is 2.27. The van der Waals surface area contributed by atoms with E-state index in [2.05, 4.69) is 4.72 Å². The van der Waals surface area contributed by atoms with E-state index < -0.39 is 11.0 Å². The fourth-order valence-electron chi connectivity index (χ4n) is 3.04. The Morgan fingerprint density at radius 3 is 2.00 bits per heavy atom. The van der Waals surface area contributed by atoms with Crippen LogP contribution in [0.3, 0.4) is 0 Å². The maximum absolute atomic E-state index is 13.1. The molecule has 3 aromatic rings. The number of rotatable bonds is 7. The van der Waals surface area contributed by atoms with Gasteiger partial charge in [-0.05, 0) is 73.0 Å². The van der Waals surface area contributed by atoms with Crippen LogP contribution in [0, 0.1) is 5.82 Å². The van der Waals surface area contributed by atoms with Crippen molar-refractivity contribution < 1.29 is 8.60 Å². The van der Waals surface area contributed by atoms with Crippen molar-refractivity contribution in [3.05, 3.63) is 99.8 Å². The van der Waals surface area contributed by atoms with Gasteiger partial charge in [-0.3, -0.25) is 0 Å². The van der Waals surface area contributed by atoms with Crippen LogP contribution in [0.4, 0.5) is 4.39 Å². The zero-order valence-electron chi connectivity index (χ0n) is 15.2. The Kier molecular flexibility index (Phi) is 7.24. The van der Waals surface area contributed by atoms with E-state index in [9.17, 15) is 8.60 Å². The van der Waals surface area contributed by atoms with Crippen molar-refractivity contribution in [2.75, 3.05) is 0 Å². The molecule has 3 aromatic carbocycles. The van der Waals surface area contributed by atoms with E-state index in [0.717, 1.165) is 17.5 Å². The van der Waals surface area contributed by atoms with Crippen molar-refractivity contribution in [1.29, 1.82) is 0 Å². The summed E-state index contributed by atoms with van der Waals surface area (Å²) in [6.45, 7) is 2.00. The first-order chi connectivity index (χ1) is 13.4. The second-order valence-electron chi connectivity index (χ2n) is 6.62. The molecule has 0 fully saturated rings. The number of hydrogen-bond donors (Lipinski definition) is 1. The van der Waals surface area contributed by atoms with Gasteiger partial charge in [0.2, 0.25) is 0 Å². The van der Waals surface area contributed by atoms with E-state index in [1.807, 2.05) is 55.5 Å². The molecule has 3 unspecified atom stereocenters. The van der Waals surface area contributed by atoms with Crippen LogP contribution < -0.4 is 4.72 Å². The smallest absolute Gasteiger partial charge is 0.125 e. The maximum Gasteiger partial charge on any atom is 0.125 e. The van der Waals surface area contributed by atoms with Gasteiger partial charge in [0.05, 0.1) is 4.90 Å². The summed E-state index contributed by atoms with van der Waals surface area (Å²) >= 11 is 12.0. The summed E-state index contributed by atoms with van der Waals surface area (Å²) in [5, 5.41) is 1.36. The van der Waals surface area contributed by atoms with Gasteiger partial charge in [0, 0.05) is 22.0 Å². The number of halogens is 3. The largest absolute Gasteiger partial charge is 0.237 e. The lowest BCUT2D eigenvalue weighted by molar-refractivity contribution is 0.526. The highest BCUT2D eigenvalue weighted by Gasteiger charge is 2.22. The Bertz CT molecular complexity index is 930. The van der Waals surface area contributed by atoms with Crippen LogP contribution in [-0.4, -0.2) is 10.3 Å². The lowest BCUT2D eigenvalue weighted by Crippen LogP contribution is -2.34. The Morgan fingerprint density at radius 1 is 0.893 bits per heavy atom. The molecule has 0 amide bonds. The normalized spacial score (nSPS) is 14.4. The third kappa shape index (κ3) is 5.65. The summed E-state index contributed by atoms with van der Waals surface area (Å²) in [6.07, 6.45) is 0.744. The highest BCUT2D eigenvalue weighted by atomic mass is 35.5. The number of nitrogens with one attached hydrogen (secondary N) is 1. The average Bonchev–Trinajstić information content (AvgIpc) is 2.68. The van der Waals surface area contributed by atoms with Crippen LogP contribution in [-0.2, 0) is 17.4 Å². The van der Waals surface area contributed by atoms with Crippen molar-refractivity contribution in [3.63, 3.8) is 0 Å². The first-order valence-corrected chi connectivity index (χ1v) is 10.8. The monoisotopic (exact) mass is 435 g/mol. The van der Waals surface area contributed by atoms with Crippen molar-refractivity contribution in [1.82, 2.24) is 4.72 Å². The molecule has 0 spiro atoms. The minimum atomic E-state index is -1.45. The molecule has 0 aliphatic carbocycles. The average molecular weight is 436 g/mol. The van der Waals surface area contributed by atoms with Crippen LogP contribution in [0.15, 0.2) is 77.7 Å². The summed E-state index contributed by atoms with van der Waals surface area (Å²) in [6, 6.07) is 21.0. The molecule has 0 bridgehead atoms. The molecule has 2 nitrogen and oxygen atoms in total. The third-order valence-corrected chi connectivity index (χ3v) is 6.38. The van der Waals surface area contributed by atoms with Gasteiger partial charge in [0.25, 0.3) is 0 Å². The van der Waals surface area contributed by atoms with Crippen molar-refractivity contribution >= 4 is 34.2 Å². The summed E-state index contributed by atoms with van der Waals surface area (Å²) < 4.78 is 29.0. The molecule has 0 aliphatic heterocycles. The quantitative estimate of drug-likeness (QED) is 0.472. The molecule has 3 atom stereocenters. The highest BCUT2D eigenvalue weighted by molar-refractivity contribution is 7.83. The van der Waals surface area contributed by atoms with E-state index in [1.54, 1.807) is 0 Å². The van der Waals surface area contributed by atoms with Gasteiger partial charge in [-0.15, -0.1) is 0 Å². The molecule has 0 aromatic heterocycles. The van der Waals surface area contributed by atoms with Gasteiger partial charge in [-0.2, -0.15) is 0 Å². The molecule has 146 valence electrons. The zero-order valence-corrected chi connectivity index (χ0v) is 17.6. The van der Waals surface area contributed by atoms with E-state index in [1.165, 1.54) is 24.3 Å². The maximum atomic E-state index is 13.1. The van der Waals surface area contributed by atoms with Crippen LogP contribution in [0.5, 0.6) is 0 Å². The van der Waals surface area contributed by atoms with Gasteiger partial charge >= 0.3 is 0 Å². The predicted molar refractivity (Wildman–Crippen MR) is 115 cm³/mol. The summed E-state index contributed by atoms with van der Waals surface area (Å²) in [4.78, 5) is 0.537. The third-order valence-electron chi connectivity index (χ3n) is 4.59. The minimum absolute atomic E-state index is 0.0582. The first-order valence-electron chi connectivity index (χ1n) is 8.86. The zero-order chi connectivity index (χ0) is 20.1. The molecule has 0 saturated heterocycles. The van der Waals surface area contributed by atoms with E-state index in [0.29, 0.717) is 14.9 Å². The molecule has 1 N–H and O–H groups in total. The molecule has 6 heteroatoms. The van der Waals surface area contributed by atoms with Gasteiger partial charge in [-0.25, -0.2) is 13.3 Å². The fourth-order valence-corrected chi connectivity index (χ4v) is 4.32. The molecule has 0 aliphatic rings. The van der Waals surface area contributed by atoms with Crippen LogP contribution in [0.1, 0.15) is 24.0 Å². The lowest BCUT2D eigenvalue weighted by atomic mass is 9.87. The van der Waals surface area contributed by atoms with Crippen molar-refractivity contribution in [3.8, 4) is 0 Å².